The summed E-state index contributed by atoms with van der Waals surface area (Å²) in [6, 6.07) is 2.46. The van der Waals surface area contributed by atoms with Crippen LogP contribution >= 0.6 is 0 Å². The Morgan fingerprint density at radius 1 is 1.35 bits per heavy atom. The van der Waals surface area contributed by atoms with Gasteiger partial charge in [-0.2, -0.15) is 0 Å². The summed E-state index contributed by atoms with van der Waals surface area (Å²) in [5.41, 5.74) is 7.94. The van der Waals surface area contributed by atoms with Crippen LogP contribution in [0.15, 0.2) is 12.3 Å². The molecule has 17 heavy (non-hydrogen) atoms. The van der Waals surface area contributed by atoms with Gasteiger partial charge in [0.15, 0.2) is 0 Å². The van der Waals surface area contributed by atoms with E-state index in [1.807, 2.05) is 19.2 Å². The molecule has 0 amide bonds. The van der Waals surface area contributed by atoms with Crippen LogP contribution < -0.4 is 11.1 Å². The summed E-state index contributed by atoms with van der Waals surface area (Å²) in [5.74, 6) is 2.33. The molecule has 1 aliphatic carbocycles. The first kappa shape index (κ1) is 12.2. The Labute approximate surface area is 104 Å². The molecule has 1 saturated carbocycles. The molecular formula is C14H23N3. The van der Waals surface area contributed by atoms with Crippen molar-refractivity contribution in [3.05, 3.63) is 17.8 Å². The van der Waals surface area contributed by atoms with Crippen molar-refractivity contribution in [1.29, 1.82) is 0 Å². The number of nitrogens with two attached hydrogens (primary N) is 1. The Kier molecular flexibility index (Phi) is 3.55. The Morgan fingerprint density at radius 3 is 2.88 bits per heavy atom. The van der Waals surface area contributed by atoms with E-state index in [4.69, 9.17) is 5.73 Å². The maximum absolute atomic E-state index is 6.05. The molecule has 0 bridgehead atoms. The molecule has 0 radical (unpaired) electrons. The first-order valence-electron chi connectivity index (χ1n) is 6.57. The molecular weight excluding hydrogens is 210 g/mol. The number of nitrogens with one attached hydrogen (secondary N) is 1. The molecule has 1 aliphatic rings. The summed E-state index contributed by atoms with van der Waals surface area (Å²) < 4.78 is 0. The monoisotopic (exact) mass is 233 g/mol. The third-order valence-corrected chi connectivity index (χ3v) is 4.24. The minimum absolute atomic E-state index is 0.510. The standard InChI is InChI=1S/C14H23N3/c1-9-5-4-6-12(11(9)3)17-14-13(15)10(2)7-8-16-14/h7-9,11-12H,4-6,15H2,1-3H3,(H,16,17). The molecule has 1 fully saturated rings. The predicted octanol–water partition coefficient (Wildman–Crippen LogP) is 3.21. The maximum atomic E-state index is 6.05. The zero-order chi connectivity index (χ0) is 12.4. The zero-order valence-electron chi connectivity index (χ0n) is 11.0. The molecule has 3 heteroatoms. The molecule has 1 heterocycles. The molecule has 0 aliphatic heterocycles. The van der Waals surface area contributed by atoms with Crippen LogP contribution in [0.1, 0.15) is 38.7 Å². The van der Waals surface area contributed by atoms with E-state index in [1.54, 1.807) is 0 Å². The number of aryl methyl sites for hydroxylation is 1. The zero-order valence-corrected chi connectivity index (χ0v) is 11.0. The van der Waals surface area contributed by atoms with Crippen molar-refractivity contribution in [1.82, 2.24) is 4.98 Å². The van der Waals surface area contributed by atoms with Crippen molar-refractivity contribution in [3.8, 4) is 0 Å². The highest BCUT2D eigenvalue weighted by molar-refractivity contribution is 5.65. The predicted molar refractivity (Wildman–Crippen MR) is 73.0 cm³/mol. The minimum Gasteiger partial charge on any atom is -0.396 e. The molecule has 1 aromatic rings. The highest BCUT2D eigenvalue weighted by Gasteiger charge is 2.27. The summed E-state index contributed by atoms with van der Waals surface area (Å²) in [6.45, 7) is 6.69. The van der Waals surface area contributed by atoms with Gasteiger partial charge >= 0.3 is 0 Å². The second-order valence-electron chi connectivity index (χ2n) is 5.41. The van der Waals surface area contributed by atoms with Gasteiger partial charge in [-0.25, -0.2) is 4.98 Å². The Bertz CT molecular complexity index is 389. The molecule has 3 atom stereocenters. The van der Waals surface area contributed by atoms with Crippen molar-refractivity contribution >= 4 is 11.5 Å². The second kappa shape index (κ2) is 4.94. The average Bonchev–Trinajstić information content (AvgIpc) is 2.31. The topological polar surface area (TPSA) is 50.9 Å². The third-order valence-electron chi connectivity index (χ3n) is 4.24. The molecule has 3 nitrogen and oxygen atoms in total. The van der Waals surface area contributed by atoms with Crippen LogP contribution in [0.4, 0.5) is 11.5 Å². The van der Waals surface area contributed by atoms with E-state index in [0.29, 0.717) is 12.0 Å². The van der Waals surface area contributed by atoms with Crippen LogP contribution in [-0.2, 0) is 0 Å². The van der Waals surface area contributed by atoms with Crippen molar-refractivity contribution in [2.75, 3.05) is 11.1 Å². The molecule has 3 N–H and O–H groups in total. The van der Waals surface area contributed by atoms with Gasteiger partial charge in [0.1, 0.15) is 5.82 Å². The highest BCUT2D eigenvalue weighted by atomic mass is 15.0. The largest absolute Gasteiger partial charge is 0.396 e. The number of anilines is 2. The number of hydrogen-bond acceptors (Lipinski definition) is 3. The molecule has 2 rings (SSSR count). The minimum atomic E-state index is 0.510. The van der Waals surface area contributed by atoms with E-state index < -0.39 is 0 Å². The Balaban J connectivity index is 2.12. The number of rotatable bonds is 2. The lowest BCUT2D eigenvalue weighted by atomic mass is 9.78. The first-order chi connectivity index (χ1) is 8.09. The van der Waals surface area contributed by atoms with Crippen molar-refractivity contribution in [2.24, 2.45) is 11.8 Å². The third kappa shape index (κ3) is 2.54. The SMILES string of the molecule is Cc1ccnc(NC2CCCC(C)C2C)c1N. The summed E-state index contributed by atoms with van der Waals surface area (Å²) >= 11 is 0. The fraction of sp³-hybridized carbons (Fsp3) is 0.643. The smallest absolute Gasteiger partial charge is 0.149 e. The number of hydrogen-bond donors (Lipinski definition) is 2. The molecule has 1 aromatic heterocycles. The van der Waals surface area contributed by atoms with Crippen molar-refractivity contribution in [3.63, 3.8) is 0 Å². The van der Waals surface area contributed by atoms with Crippen LogP contribution in [0.2, 0.25) is 0 Å². The van der Waals surface area contributed by atoms with Gasteiger partial charge in [-0.3, -0.25) is 0 Å². The van der Waals surface area contributed by atoms with Crippen molar-refractivity contribution in [2.45, 2.75) is 46.1 Å². The first-order valence-corrected chi connectivity index (χ1v) is 6.57. The van der Waals surface area contributed by atoms with E-state index in [9.17, 15) is 0 Å². The van der Waals surface area contributed by atoms with E-state index in [0.717, 1.165) is 23.0 Å². The van der Waals surface area contributed by atoms with Gasteiger partial charge in [-0.05, 0) is 36.8 Å². The quantitative estimate of drug-likeness (QED) is 0.824. The molecule has 94 valence electrons. The summed E-state index contributed by atoms with van der Waals surface area (Å²) in [6.07, 6.45) is 5.69. The molecule has 0 spiro atoms. The van der Waals surface area contributed by atoms with E-state index in [1.165, 1.54) is 19.3 Å². The lowest BCUT2D eigenvalue weighted by Crippen LogP contribution is -2.35. The fourth-order valence-electron chi connectivity index (χ4n) is 2.65. The van der Waals surface area contributed by atoms with Crippen LogP contribution in [0.25, 0.3) is 0 Å². The van der Waals surface area contributed by atoms with Crippen LogP contribution in [0.5, 0.6) is 0 Å². The molecule has 0 aromatic carbocycles. The summed E-state index contributed by atoms with van der Waals surface area (Å²) in [5, 5.41) is 3.53. The molecule has 3 unspecified atom stereocenters. The Morgan fingerprint density at radius 2 is 2.12 bits per heavy atom. The van der Waals surface area contributed by atoms with Crippen LogP contribution in [-0.4, -0.2) is 11.0 Å². The van der Waals surface area contributed by atoms with Crippen LogP contribution in [0, 0.1) is 18.8 Å². The van der Waals surface area contributed by atoms with Gasteiger partial charge in [-0.1, -0.05) is 26.7 Å². The van der Waals surface area contributed by atoms with Crippen molar-refractivity contribution < 1.29 is 0 Å². The fourth-order valence-corrected chi connectivity index (χ4v) is 2.65. The lowest BCUT2D eigenvalue weighted by molar-refractivity contribution is 0.253. The highest BCUT2D eigenvalue weighted by Crippen LogP contribution is 2.32. The van der Waals surface area contributed by atoms with E-state index >= 15 is 0 Å². The van der Waals surface area contributed by atoms with Gasteiger partial charge in [-0.15, -0.1) is 0 Å². The number of aromatic nitrogens is 1. The summed E-state index contributed by atoms with van der Waals surface area (Å²) in [4.78, 5) is 4.36. The van der Waals surface area contributed by atoms with Gasteiger partial charge in [0.05, 0.1) is 5.69 Å². The maximum Gasteiger partial charge on any atom is 0.149 e. The lowest BCUT2D eigenvalue weighted by Gasteiger charge is -2.35. The van der Waals surface area contributed by atoms with E-state index in [2.05, 4.69) is 24.1 Å². The van der Waals surface area contributed by atoms with Gasteiger partial charge in [0.2, 0.25) is 0 Å². The number of pyridine rings is 1. The second-order valence-corrected chi connectivity index (χ2v) is 5.41. The normalized spacial score (nSPS) is 29.0. The van der Waals surface area contributed by atoms with Crippen LogP contribution in [0.3, 0.4) is 0 Å². The average molecular weight is 233 g/mol. The Hall–Kier alpha value is -1.25. The number of nitrogen functional groups attached to an aromatic ring is 1. The van der Waals surface area contributed by atoms with Gasteiger partial charge in [0, 0.05) is 12.2 Å². The molecule has 0 saturated heterocycles. The number of nitrogens with zero attached hydrogens (tertiary/aromatic N) is 1. The van der Waals surface area contributed by atoms with Gasteiger partial charge in [0.25, 0.3) is 0 Å². The van der Waals surface area contributed by atoms with Gasteiger partial charge < -0.3 is 11.1 Å². The summed E-state index contributed by atoms with van der Waals surface area (Å²) in [7, 11) is 0. The van der Waals surface area contributed by atoms with E-state index in [-0.39, 0.29) is 0 Å².